The van der Waals surface area contributed by atoms with Crippen molar-refractivity contribution in [2.75, 3.05) is 32.0 Å². The van der Waals surface area contributed by atoms with Gasteiger partial charge in [0.15, 0.2) is 12.4 Å². The monoisotopic (exact) mass is 527 g/mol. The van der Waals surface area contributed by atoms with Gasteiger partial charge < -0.3 is 9.64 Å². The smallest absolute Gasteiger partial charge is 0.260 e. The highest BCUT2D eigenvalue weighted by Gasteiger charge is 2.28. The van der Waals surface area contributed by atoms with Crippen LogP contribution in [-0.4, -0.2) is 67.9 Å². The molecule has 11 heteroatoms. The first kappa shape index (κ1) is 26.4. The van der Waals surface area contributed by atoms with Crippen LogP contribution in [0.3, 0.4) is 0 Å². The molecule has 0 aliphatic carbocycles. The number of ketones is 1. The van der Waals surface area contributed by atoms with Gasteiger partial charge in [0.05, 0.1) is 0 Å². The summed E-state index contributed by atoms with van der Waals surface area (Å²) in [5.74, 6) is -1.24. The minimum atomic E-state index is -3.93. The molecule has 0 unspecified atom stereocenters. The van der Waals surface area contributed by atoms with Crippen molar-refractivity contribution in [2.45, 2.75) is 25.9 Å². The number of amides is 1. The Morgan fingerprint density at radius 2 is 1.76 bits per heavy atom. The van der Waals surface area contributed by atoms with Gasteiger partial charge in [0.2, 0.25) is 10.0 Å². The zero-order valence-electron chi connectivity index (χ0n) is 18.7. The second kappa shape index (κ2) is 11.5. The number of halogens is 2. The number of carbonyl (C=O) groups excluding carboxylic acids is 2. The van der Waals surface area contributed by atoms with Crippen molar-refractivity contribution >= 4 is 44.9 Å². The molecule has 8 nitrogen and oxygen atoms in total. The lowest BCUT2D eigenvalue weighted by Gasteiger charge is -2.40. The number of sulfonamides is 1. The third-order valence-electron chi connectivity index (χ3n) is 5.47. The van der Waals surface area contributed by atoms with E-state index in [1.54, 1.807) is 17.0 Å². The first-order valence-corrected chi connectivity index (χ1v) is 13.2. The highest BCUT2D eigenvalue weighted by atomic mass is 35.5. The summed E-state index contributed by atoms with van der Waals surface area (Å²) in [6.45, 7) is 4.58. The van der Waals surface area contributed by atoms with Crippen LogP contribution >= 0.6 is 23.2 Å². The van der Waals surface area contributed by atoms with Gasteiger partial charge in [-0.1, -0.05) is 35.3 Å². The van der Waals surface area contributed by atoms with E-state index in [1.165, 1.54) is 6.07 Å². The largest absolute Gasteiger partial charge is 0.483 e. The molecule has 0 bridgehead atoms. The van der Waals surface area contributed by atoms with E-state index in [1.807, 2.05) is 31.2 Å². The van der Waals surface area contributed by atoms with E-state index in [0.29, 0.717) is 27.9 Å². The van der Waals surface area contributed by atoms with E-state index in [9.17, 15) is 18.0 Å². The van der Waals surface area contributed by atoms with E-state index < -0.39 is 21.6 Å². The van der Waals surface area contributed by atoms with Crippen LogP contribution in [0.5, 0.6) is 5.75 Å². The van der Waals surface area contributed by atoms with Crippen LogP contribution in [0.15, 0.2) is 42.5 Å². The average molecular weight is 528 g/mol. The Morgan fingerprint density at radius 3 is 2.41 bits per heavy atom. The first-order chi connectivity index (χ1) is 16.0. The number of primary sulfonamides is 1. The molecule has 0 aromatic heterocycles. The van der Waals surface area contributed by atoms with Crippen LogP contribution in [0, 0.1) is 0 Å². The van der Waals surface area contributed by atoms with E-state index >= 15 is 0 Å². The van der Waals surface area contributed by atoms with Gasteiger partial charge in [0.25, 0.3) is 5.91 Å². The average Bonchev–Trinajstić information content (AvgIpc) is 2.73. The lowest BCUT2D eigenvalue weighted by atomic mass is 10.1. The fourth-order valence-electron chi connectivity index (χ4n) is 3.93. The molecular weight excluding hydrogens is 501 g/mol. The second-order valence-electron chi connectivity index (χ2n) is 8.36. The van der Waals surface area contributed by atoms with Gasteiger partial charge in [0.1, 0.15) is 11.5 Å². The number of hydrogen-bond donors (Lipinski definition) is 1. The van der Waals surface area contributed by atoms with E-state index in [4.69, 9.17) is 33.1 Å². The van der Waals surface area contributed by atoms with Crippen molar-refractivity contribution in [3.05, 3.63) is 63.6 Å². The van der Waals surface area contributed by atoms with Gasteiger partial charge in [-0.3, -0.25) is 14.5 Å². The van der Waals surface area contributed by atoms with Crippen molar-refractivity contribution in [3.63, 3.8) is 0 Å². The molecule has 3 rings (SSSR count). The van der Waals surface area contributed by atoms with Crippen LogP contribution in [0.4, 0.5) is 0 Å². The van der Waals surface area contributed by atoms with Gasteiger partial charge >= 0.3 is 0 Å². The van der Waals surface area contributed by atoms with Gasteiger partial charge in [0, 0.05) is 54.3 Å². The number of ether oxygens (including phenoxy) is 1. The van der Waals surface area contributed by atoms with Crippen LogP contribution in [0.25, 0.3) is 0 Å². The fourth-order valence-corrected chi connectivity index (χ4v) is 4.80. The Kier molecular flexibility index (Phi) is 8.95. The molecule has 184 valence electrons. The van der Waals surface area contributed by atoms with Crippen molar-refractivity contribution in [1.29, 1.82) is 0 Å². The molecular formula is C23H27Cl2N3O5S. The molecule has 2 aromatic rings. The zero-order chi connectivity index (χ0) is 24.9. The maximum Gasteiger partial charge on any atom is 0.260 e. The third-order valence-corrected chi connectivity index (χ3v) is 6.69. The number of carbonyl (C=O) groups is 2. The summed E-state index contributed by atoms with van der Waals surface area (Å²) in [6.07, 6.45) is -0.222. The van der Waals surface area contributed by atoms with Crippen LogP contribution in [0.2, 0.25) is 10.0 Å². The molecule has 1 aliphatic heterocycles. The lowest BCUT2D eigenvalue weighted by molar-refractivity contribution is -0.138. The maximum absolute atomic E-state index is 12.9. The van der Waals surface area contributed by atoms with E-state index in [0.717, 1.165) is 25.2 Å². The standard InChI is InChI=1S/C23H27Cl2N3O5S/c1-16-12-27(13-17-2-4-19(24)5-3-17)8-9-28(16)23(30)14-33-22-7-6-20(25)10-18(22)11-21(29)15-34(26,31)32/h2-7,10,16H,8-9,11-15H2,1H3,(H2,26,31,32)/t16-/m1/s1. The molecule has 0 spiro atoms. The van der Waals surface area contributed by atoms with Gasteiger partial charge in [-0.25, -0.2) is 13.6 Å². The molecule has 2 aromatic carbocycles. The van der Waals surface area contributed by atoms with Crippen molar-refractivity contribution in [2.24, 2.45) is 5.14 Å². The summed E-state index contributed by atoms with van der Waals surface area (Å²) in [5, 5.41) is 6.01. The molecule has 1 fully saturated rings. The SMILES string of the molecule is C[C@@H]1CN(Cc2ccc(Cl)cc2)CCN1C(=O)COc1ccc(Cl)cc1CC(=O)CS(N)(=O)=O. The second-order valence-corrected chi connectivity index (χ2v) is 10.8. The van der Waals surface area contributed by atoms with Gasteiger partial charge in [-0.2, -0.15) is 0 Å². The number of Topliss-reactive ketones (excluding diaryl/α,β-unsaturated/α-hetero) is 1. The first-order valence-electron chi connectivity index (χ1n) is 10.7. The number of nitrogens with zero attached hydrogens (tertiary/aromatic N) is 2. The summed E-state index contributed by atoms with van der Waals surface area (Å²) in [7, 11) is -3.93. The topological polar surface area (TPSA) is 110 Å². The Morgan fingerprint density at radius 1 is 1.09 bits per heavy atom. The quantitative estimate of drug-likeness (QED) is 0.536. The predicted octanol–water partition coefficient (Wildman–Crippen LogP) is 2.51. The van der Waals surface area contributed by atoms with Crippen LogP contribution in [-0.2, 0) is 32.6 Å². The number of hydrogen-bond acceptors (Lipinski definition) is 6. The molecule has 1 amide bonds. The molecule has 1 heterocycles. The maximum atomic E-state index is 12.9. The van der Waals surface area contributed by atoms with E-state index in [-0.39, 0.29) is 25.0 Å². The Bertz CT molecular complexity index is 1140. The molecule has 1 saturated heterocycles. The van der Waals surface area contributed by atoms with Crippen LogP contribution < -0.4 is 9.88 Å². The highest BCUT2D eigenvalue weighted by molar-refractivity contribution is 7.89. The Labute approximate surface area is 209 Å². The highest BCUT2D eigenvalue weighted by Crippen LogP contribution is 2.24. The molecule has 0 saturated carbocycles. The summed E-state index contributed by atoms with van der Waals surface area (Å²) in [5.41, 5.74) is 1.56. The molecule has 34 heavy (non-hydrogen) atoms. The van der Waals surface area contributed by atoms with E-state index in [2.05, 4.69) is 4.90 Å². The Hall–Kier alpha value is -2.17. The third kappa shape index (κ3) is 7.95. The minimum absolute atomic E-state index is 0.00169. The summed E-state index contributed by atoms with van der Waals surface area (Å²) >= 11 is 12.0. The molecule has 0 radical (unpaired) electrons. The van der Waals surface area contributed by atoms with Crippen molar-refractivity contribution in [1.82, 2.24) is 9.80 Å². The minimum Gasteiger partial charge on any atom is -0.483 e. The fraction of sp³-hybridized carbons (Fsp3) is 0.391. The number of piperazine rings is 1. The van der Waals surface area contributed by atoms with Gasteiger partial charge in [-0.05, 0) is 42.8 Å². The molecule has 1 atom stereocenters. The summed E-state index contributed by atoms with van der Waals surface area (Å²) in [6, 6.07) is 12.4. The van der Waals surface area contributed by atoms with Crippen LogP contribution in [0.1, 0.15) is 18.1 Å². The number of rotatable bonds is 9. The summed E-state index contributed by atoms with van der Waals surface area (Å²) < 4.78 is 28.1. The van der Waals surface area contributed by atoms with Gasteiger partial charge in [-0.15, -0.1) is 0 Å². The van der Waals surface area contributed by atoms with Crippen molar-refractivity contribution < 1.29 is 22.7 Å². The summed E-state index contributed by atoms with van der Waals surface area (Å²) in [4.78, 5) is 29.0. The molecule has 1 aliphatic rings. The molecule has 2 N–H and O–H groups in total. The zero-order valence-corrected chi connectivity index (χ0v) is 21.1. The Balaban J connectivity index is 1.56. The lowest BCUT2D eigenvalue weighted by Crippen LogP contribution is -2.54. The number of benzene rings is 2. The predicted molar refractivity (Wildman–Crippen MR) is 132 cm³/mol. The number of nitrogens with two attached hydrogens (primary N) is 1. The normalized spacial score (nSPS) is 16.9. The van der Waals surface area contributed by atoms with Crippen molar-refractivity contribution in [3.8, 4) is 5.75 Å².